The molecule has 0 amide bonds. The Hall–Kier alpha value is -0.870. The summed E-state index contributed by atoms with van der Waals surface area (Å²) in [5.41, 5.74) is 2.40. The number of halogens is 1. The number of hydrogen-bond donors (Lipinski definition) is 0. The van der Waals surface area contributed by atoms with Crippen LogP contribution >= 0.6 is 15.9 Å². The first-order valence-electron chi connectivity index (χ1n) is 6.45. The van der Waals surface area contributed by atoms with E-state index in [1.807, 2.05) is 11.7 Å². The molecule has 4 heteroatoms. The fraction of sp³-hybridized carbons (Fsp3) is 0.500. The van der Waals surface area contributed by atoms with Crippen LogP contribution in [0.15, 0.2) is 24.3 Å². The Morgan fingerprint density at radius 2 is 2.11 bits per heavy atom. The molecule has 2 rings (SSSR count). The summed E-state index contributed by atoms with van der Waals surface area (Å²) in [5.74, 6) is 0. The Morgan fingerprint density at radius 1 is 1.33 bits per heavy atom. The summed E-state index contributed by atoms with van der Waals surface area (Å²) in [5, 5.41) is 6.99. The smallest absolute Gasteiger partial charge is 0.0843 e. The number of aryl methyl sites for hydroxylation is 1. The highest BCUT2D eigenvalue weighted by Gasteiger charge is 2.11. The van der Waals surface area contributed by atoms with E-state index in [2.05, 4.69) is 57.1 Å². The van der Waals surface area contributed by atoms with E-state index in [1.165, 1.54) is 23.0 Å². The van der Waals surface area contributed by atoms with Crippen molar-refractivity contribution in [2.24, 2.45) is 7.05 Å². The molecule has 0 bridgehead atoms. The summed E-state index contributed by atoms with van der Waals surface area (Å²) in [6.45, 7) is 5.33. The minimum atomic E-state index is 0.935. The van der Waals surface area contributed by atoms with Gasteiger partial charge in [0.05, 0.1) is 11.2 Å². The second kappa shape index (κ2) is 6.34. The maximum atomic E-state index is 4.65. The van der Waals surface area contributed by atoms with Crippen LogP contribution in [0, 0.1) is 0 Å². The van der Waals surface area contributed by atoms with E-state index in [1.54, 1.807) is 0 Å². The molecule has 98 valence electrons. The second-order valence-corrected chi connectivity index (χ2v) is 5.29. The van der Waals surface area contributed by atoms with Gasteiger partial charge in [0.1, 0.15) is 0 Å². The summed E-state index contributed by atoms with van der Waals surface area (Å²) in [6, 6.07) is 8.44. The third kappa shape index (κ3) is 2.93. The molecule has 0 saturated carbocycles. The molecule has 0 aliphatic rings. The number of fused-ring (bicyclic) bond motifs is 1. The van der Waals surface area contributed by atoms with Crippen molar-refractivity contribution in [1.29, 1.82) is 0 Å². The zero-order chi connectivity index (χ0) is 13.0. The molecule has 3 nitrogen and oxygen atoms in total. The molecule has 0 fully saturated rings. The SMILES string of the molecule is CCN(CCCBr)Cc1nn(C)c2ccccc12. The minimum absolute atomic E-state index is 0.935. The van der Waals surface area contributed by atoms with Gasteiger partial charge in [-0.25, -0.2) is 0 Å². The zero-order valence-corrected chi connectivity index (χ0v) is 12.7. The lowest BCUT2D eigenvalue weighted by Crippen LogP contribution is -2.24. The van der Waals surface area contributed by atoms with Gasteiger partial charge in [0.25, 0.3) is 0 Å². The van der Waals surface area contributed by atoms with Crippen molar-refractivity contribution in [3.05, 3.63) is 30.0 Å². The molecular weight excluding hydrogens is 290 g/mol. The second-order valence-electron chi connectivity index (χ2n) is 4.50. The number of rotatable bonds is 6. The van der Waals surface area contributed by atoms with Crippen LogP contribution in [0.1, 0.15) is 19.0 Å². The van der Waals surface area contributed by atoms with Crippen LogP contribution in [0.25, 0.3) is 10.9 Å². The molecule has 0 aliphatic carbocycles. The number of hydrogen-bond acceptors (Lipinski definition) is 2. The first-order valence-corrected chi connectivity index (χ1v) is 7.57. The number of nitrogens with zero attached hydrogens (tertiary/aromatic N) is 3. The van der Waals surface area contributed by atoms with E-state index in [-0.39, 0.29) is 0 Å². The van der Waals surface area contributed by atoms with Crippen molar-refractivity contribution in [1.82, 2.24) is 14.7 Å². The van der Waals surface area contributed by atoms with E-state index in [4.69, 9.17) is 0 Å². The van der Waals surface area contributed by atoms with E-state index in [0.717, 1.165) is 25.0 Å². The van der Waals surface area contributed by atoms with Gasteiger partial charge in [0.15, 0.2) is 0 Å². The summed E-state index contributed by atoms with van der Waals surface area (Å²) in [4.78, 5) is 2.44. The fourth-order valence-electron chi connectivity index (χ4n) is 2.25. The molecule has 2 aromatic rings. The molecule has 1 heterocycles. The van der Waals surface area contributed by atoms with Gasteiger partial charge in [-0.2, -0.15) is 5.10 Å². The van der Waals surface area contributed by atoms with Gasteiger partial charge in [-0.3, -0.25) is 9.58 Å². The lowest BCUT2D eigenvalue weighted by molar-refractivity contribution is 0.278. The quantitative estimate of drug-likeness (QED) is 0.764. The Morgan fingerprint density at radius 3 is 2.83 bits per heavy atom. The van der Waals surface area contributed by atoms with Crippen molar-refractivity contribution in [3.63, 3.8) is 0 Å². The van der Waals surface area contributed by atoms with Crippen molar-refractivity contribution in [2.45, 2.75) is 19.9 Å². The van der Waals surface area contributed by atoms with E-state index in [9.17, 15) is 0 Å². The standard InChI is InChI=1S/C14H20BrN3/c1-3-18(10-6-9-15)11-13-12-7-4-5-8-14(12)17(2)16-13/h4-5,7-8H,3,6,9-11H2,1-2H3. The Bertz CT molecular complexity index is 507. The van der Waals surface area contributed by atoms with Crippen molar-refractivity contribution in [2.75, 3.05) is 18.4 Å². The van der Waals surface area contributed by atoms with Gasteiger partial charge in [0, 0.05) is 24.3 Å². The van der Waals surface area contributed by atoms with Crippen LogP contribution in [-0.4, -0.2) is 33.1 Å². The van der Waals surface area contributed by atoms with Crippen LogP contribution in [0.2, 0.25) is 0 Å². The van der Waals surface area contributed by atoms with E-state index in [0.29, 0.717) is 0 Å². The number of para-hydroxylation sites is 1. The molecule has 0 unspecified atom stereocenters. The highest BCUT2D eigenvalue weighted by Crippen LogP contribution is 2.18. The summed E-state index contributed by atoms with van der Waals surface area (Å²) in [6.07, 6.45) is 1.18. The molecule has 18 heavy (non-hydrogen) atoms. The number of benzene rings is 1. The predicted octanol–water partition coefficient (Wildman–Crippen LogP) is 3.18. The first kappa shape index (κ1) is 13.6. The number of aromatic nitrogens is 2. The van der Waals surface area contributed by atoms with Gasteiger partial charge >= 0.3 is 0 Å². The average molecular weight is 310 g/mol. The van der Waals surface area contributed by atoms with Gasteiger partial charge in [-0.15, -0.1) is 0 Å². The van der Waals surface area contributed by atoms with Crippen LogP contribution < -0.4 is 0 Å². The molecule has 1 aromatic carbocycles. The molecule has 0 N–H and O–H groups in total. The molecule has 0 aliphatic heterocycles. The van der Waals surface area contributed by atoms with Crippen molar-refractivity contribution < 1.29 is 0 Å². The zero-order valence-electron chi connectivity index (χ0n) is 11.1. The third-order valence-electron chi connectivity index (χ3n) is 3.26. The molecule has 0 atom stereocenters. The molecule has 0 saturated heterocycles. The Kier molecular flexibility index (Phi) is 4.78. The van der Waals surface area contributed by atoms with Crippen molar-refractivity contribution >= 4 is 26.8 Å². The Labute approximate surface area is 117 Å². The minimum Gasteiger partial charge on any atom is -0.298 e. The highest BCUT2D eigenvalue weighted by molar-refractivity contribution is 9.09. The molecular formula is C14H20BrN3. The lowest BCUT2D eigenvalue weighted by atomic mass is 10.2. The van der Waals surface area contributed by atoms with Crippen molar-refractivity contribution in [3.8, 4) is 0 Å². The highest BCUT2D eigenvalue weighted by atomic mass is 79.9. The average Bonchev–Trinajstić information content (AvgIpc) is 2.72. The van der Waals surface area contributed by atoms with Gasteiger partial charge in [-0.1, -0.05) is 41.1 Å². The maximum absolute atomic E-state index is 4.65. The summed E-state index contributed by atoms with van der Waals surface area (Å²) >= 11 is 3.49. The predicted molar refractivity (Wildman–Crippen MR) is 80.1 cm³/mol. The fourth-order valence-corrected chi connectivity index (χ4v) is 2.50. The topological polar surface area (TPSA) is 21.1 Å². The Balaban J connectivity index is 2.20. The lowest BCUT2D eigenvalue weighted by Gasteiger charge is -2.18. The number of alkyl halides is 1. The van der Waals surface area contributed by atoms with Gasteiger partial charge in [0.2, 0.25) is 0 Å². The van der Waals surface area contributed by atoms with Crippen LogP contribution in [-0.2, 0) is 13.6 Å². The maximum Gasteiger partial charge on any atom is 0.0843 e. The van der Waals surface area contributed by atoms with Gasteiger partial charge in [-0.05, 0) is 25.6 Å². The van der Waals surface area contributed by atoms with Crippen LogP contribution in [0.4, 0.5) is 0 Å². The van der Waals surface area contributed by atoms with E-state index >= 15 is 0 Å². The largest absolute Gasteiger partial charge is 0.298 e. The van der Waals surface area contributed by atoms with Gasteiger partial charge < -0.3 is 0 Å². The molecule has 0 spiro atoms. The first-order chi connectivity index (χ1) is 8.76. The normalized spacial score (nSPS) is 11.6. The molecule has 0 radical (unpaired) electrons. The summed E-state index contributed by atoms with van der Waals surface area (Å²) < 4.78 is 1.98. The van der Waals surface area contributed by atoms with Crippen LogP contribution in [0.3, 0.4) is 0 Å². The summed E-state index contributed by atoms with van der Waals surface area (Å²) in [7, 11) is 2.01. The third-order valence-corrected chi connectivity index (χ3v) is 3.82. The monoisotopic (exact) mass is 309 g/mol. The van der Waals surface area contributed by atoms with Crippen LogP contribution in [0.5, 0.6) is 0 Å². The molecule has 1 aromatic heterocycles. The van der Waals surface area contributed by atoms with E-state index < -0.39 is 0 Å².